The fourth-order valence-electron chi connectivity index (χ4n) is 2.02. The fourth-order valence-corrected chi connectivity index (χ4v) is 2.02. The maximum atomic E-state index is 13.0. The zero-order chi connectivity index (χ0) is 13.8. The highest BCUT2D eigenvalue weighted by Crippen LogP contribution is 2.10. The normalized spacial score (nSPS) is 10.9. The van der Waals surface area contributed by atoms with Gasteiger partial charge in [0.2, 0.25) is 0 Å². The zero-order valence-electron chi connectivity index (χ0n) is 11.1. The number of hydrogen-bond donors (Lipinski definition) is 1. The van der Waals surface area contributed by atoms with Crippen LogP contribution in [0, 0.1) is 11.6 Å². The zero-order valence-corrected chi connectivity index (χ0v) is 11.1. The van der Waals surface area contributed by atoms with Gasteiger partial charge in [0, 0.05) is 31.9 Å². The van der Waals surface area contributed by atoms with Crippen molar-refractivity contribution in [2.75, 3.05) is 0 Å². The van der Waals surface area contributed by atoms with Gasteiger partial charge in [-0.05, 0) is 24.1 Å². The summed E-state index contributed by atoms with van der Waals surface area (Å²) in [5, 5.41) is 7.56. The number of rotatable bonds is 5. The average molecular weight is 265 g/mol. The number of halogens is 2. The molecule has 0 radical (unpaired) electrons. The van der Waals surface area contributed by atoms with Crippen molar-refractivity contribution in [1.29, 1.82) is 0 Å². The van der Waals surface area contributed by atoms with Gasteiger partial charge in [-0.15, -0.1) is 0 Å². The summed E-state index contributed by atoms with van der Waals surface area (Å²) in [6, 6.07) is 3.94. The molecule has 0 atom stereocenters. The molecular weight excluding hydrogens is 248 g/mol. The Morgan fingerprint density at radius 3 is 2.68 bits per heavy atom. The lowest BCUT2D eigenvalue weighted by molar-refractivity contribution is 0.506. The molecule has 0 aliphatic carbocycles. The van der Waals surface area contributed by atoms with Crippen molar-refractivity contribution in [2.45, 2.75) is 26.4 Å². The third kappa shape index (κ3) is 3.38. The number of benzene rings is 1. The van der Waals surface area contributed by atoms with E-state index in [0.29, 0.717) is 13.1 Å². The molecule has 0 unspecified atom stereocenters. The molecule has 0 spiro atoms. The molecule has 2 rings (SSSR count). The largest absolute Gasteiger partial charge is 0.308 e. The summed E-state index contributed by atoms with van der Waals surface area (Å²) in [5.74, 6) is -1.63. The molecule has 0 aliphatic rings. The average Bonchev–Trinajstić information content (AvgIpc) is 2.74. The third-order valence-electron chi connectivity index (χ3n) is 2.96. The van der Waals surface area contributed by atoms with Gasteiger partial charge in [-0.1, -0.05) is 13.0 Å². The molecule has 1 aromatic carbocycles. The van der Waals surface area contributed by atoms with Crippen molar-refractivity contribution in [3.05, 3.63) is 52.9 Å². The van der Waals surface area contributed by atoms with E-state index in [4.69, 9.17) is 0 Å². The Kier molecular flexibility index (Phi) is 4.27. The minimum Gasteiger partial charge on any atom is -0.308 e. The summed E-state index contributed by atoms with van der Waals surface area (Å²) in [6.45, 7) is 3.21. The first-order valence-electron chi connectivity index (χ1n) is 6.26. The molecule has 5 heteroatoms. The van der Waals surface area contributed by atoms with Crippen molar-refractivity contribution >= 4 is 0 Å². The van der Waals surface area contributed by atoms with Crippen molar-refractivity contribution in [3.63, 3.8) is 0 Å². The number of aryl methyl sites for hydroxylation is 2. The van der Waals surface area contributed by atoms with Crippen molar-refractivity contribution < 1.29 is 8.78 Å². The summed E-state index contributed by atoms with van der Waals surface area (Å²) in [7, 11) is 1.89. The molecule has 102 valence electrons. The van der Waals surface area contributed by atoms with Crippen LogP contribution in [0.5, 0.6) is 0 Å². The molecule has 3 nitrogen and oxygen atoms in total. The van der Waals surface area contributed by atoms with Gasteiger partial charge in [0.1, 0.15) is 0 Å². The molecule has 19 heavy (non-hydrogen) atoms. The molecule has 1 N–H and O–H groups in total. The van der Waals surface area contributed by atoms with Crippen LogP contribution < -0.4 is 5.32 Å². The molecule has 0 fully saturated rings. The van der Waals surface area contributed by atoms with Crippen molar-refractivity contribution in [1.82, 2.24) is 15.1 Å². The van der Waals surface area contributed by atoms with Crippen LogP contribution in [0.25, 0.3) is 0 Å². The highest BCUT2D eigenvalue weighted by atomic mass is 19.2. The highest BCUT2D eigenvalue weighted by molar-refractivity contribution is 5.19. The second-order valence-electron chi connectivity index (χ2n) is 4.48. The SMILES string of the molecule is CCc1nn(C)cc1CNCc1ccc(F)c(F)c1. The molecule has 1 aromatic heterocycles. The molecular formula is C14H17F2N3. The molecule has 0 saturated carbocycles. The second kappa shape index (κ2) is 5.93. The second-order valence-corrected chi connectivity index (χ2v) is 4.48. The van der Waals surface area contributed by atoms with E-state index < -0.39 is 11.6 Å². The monoisotopic (exact) mass is 265 g/mol. The third-order valence-corrected chi connectivity index (χ3v) is 2.96. The maximum absolute atomic E-state index is 13.0. The van der Waals surface area contributed by atoms with Crippen LogP contribution >= 0.6 is 0 Å². The molecule has 0 amide bonds. The molecule has 2 aromatic rings. The number of aromatic nitrogens is 2. The van der Waals surface area contributed by atoms with Gasteiger partial charge in [-0.2, -0.15) is 5.10 Å². The Balaban J connectivity index is 1.94. The first-order chi connectivity index (χ1) is 9.10. The van der Waals surface area contributed by atoms with Crippen LogP contribution in [0.2, 0.25) is 0 Å². The molecule has 0 bridgehead atoms. The van der Waals surface area contributed by atoms with Crippen LogP contribution in [0.3, 0.4) is 0 Å². The Hall–Kier alpha value is -1.75. The van der Waals surface area contributed by atoms with Crippen molar-refractivity contribution in [2.24, 2.45) is 7.05 Å². The summed E-state index contributed by atoms with van der Waals surface area (Å²) < 4.78 is 27.6. The topological polar surface area (TPSA) is 29.9 Å². The van der Waals surface area contributed by atoms with E-state index in [1.165, 1.54) is 6.07 Å². The first-order valence-corrected chi connectivity index (χ1v) is 6.26. The van der Waals surface area contributed by atoms with Crippen LogP contribution in [0.15, 0.2) is 24.4 Å². The van der Waals surface area contributed by atoms with E-state index >= 15 is 0 Å². The van der Waals surface area contributed by atoms with Gasteiger partial charge in [-0.25, -0.2) is 8.78 Å². The van der Waals surface area contributed by atoms with Crippen LogP contribution in [-0.2, 0) is 26.6 Å². The van der Waals surface area contributed by atoms with Gasteiger partial charge in [0.25, 0.3) is 0 Å². The van der Waals surface area contributed by atoms with E-state index in [1.807, 2.05) is 13.2 Å². The number of nitrogens with zero attached hydrogens (tertiary/aromatic N) is 2. The minimum atomic E-state index is -0.815. The first kappa shape index (κ1) is 13.7. The summed E-state index contributed by atoms with van der Waals surface area (Å²) in [6.07, 6.45) is 2.85. The molecule has 0 aliphatic heterocycles. The van der Waals surface area contributed by atoms with Crippen LogP contribution in [0.4, 0.5) is 8.78 Å². The predicted octanol–water partition coefficient (Wildman–Crippen LogP) is 2.55. The van der Waals surface area contributed by atoms with Gasteiger partial charge >= 0.3 is 0 Å². The Bertz CT molecular complexity index is 564. The maximum Gasteiger partial charge on any atom is 0.159 e. The van der Waals surface area contributed by atoms with Gasteiger partial charge in [0.15, 0.2) is 11.6 Å². The highest BCUT2D eigenvalue weighted by Gasteiger charge is 2.06. The quantitative estimate of drug-likeness (QED) is 0.900. The van der Waals surface area contributed by atoms with Crippen LogP contribution in [-0.4, -0.2) is 9.78 Å². The lowest BCUT2D eigenvalue weighted by Gasteiger charge is -2.05. The summed E-state index contributed by atoms with van der Waals surface area (Å²) in [5.41, 5.74) is 2.91. The lowest BCUT2D eigenvalue weighted by Crippen LogP contribution is -2.13. The van der Waals surface area contributed by atoms with E-state index in [2.05, 4.69) is 17.3 Å². The summed E-state index contributed by atoms with van der Waals surface area (Å²) >= 11 is 0. The lowest BCUT2D eigenvalue weighted by atomic mass is 10.2. The molecule has 1 heterocycles. The Labute approximate surface area is 111 Å². The van der Waals surface area contributed by atoms with Gasteiger partial charge in [0.05, 0.1) is 5.69 Å². The van der Waals surface area contributed by atoms with Gasteiger partial charge < -0.3 is 5.32 Å². The number of nitrogens with one attached hydrogen (secondary N) is 1. The Morgan fingerprint density at radius 2 is 2.00 bits per heavy atom. The van der Waals surface area contributed by atoms with Gasteiger partial charge in [-0.3, -0.25) is 4.68 Å². The van der Waals surface area contributed by atoms with E-state index in [0.717, 1.165) is 29.3 Å². The minimum absolute atomic E-state index is 0.495. The van der Waals surface area contributed by atoms with Crippen molar-refractivity contribution in [3.8, 4) is 0 Å². The molecule has 0 saturated heterocycles. The Morgan fingerprint density at radius 1 is 1.21 bits per heavy atom. The van der Waals surface area contributed by atoms with Crippen LogP contribution in [0.1, 0.15) is 23.7 Å². The number of hydrogen-bond acceptors (Lipinski definition) is 2. The fraction of sp³-hybridized carbons (Fsp3) is 0.357. The summed E-state index contributed by atoms with van der Waals surface area (Å²) in [4.78, 5) is 0. The van der Waals surface area contributed by atoms with E-state index in [1.54, 1.807) is 10.7 Å². The standard InChI is InChI=1S/C14H17F2N3/c1-3-14-11(9-19(2)18-14)8-17-7-10-4-5-12(15)13(16)6-10/h4-6,9,17H,3,7-8H2,1-2H3. The smallest absolute Gasteiger partial charge is 0.159 e. The van der Waals surface area contributed by atoms with E-state index in [-0.39, 0.29) is 0 Å². The van der Waals surface area contributed by atoms with E-state index in [9.17, 15) is 8.78 Å². The predicted molar refractivity (Wildman–Crippen MR) is 69.5 cm³/mol.